The first-order chi connectivity index (χ1) is 17.3. The molecule has 2 amide bonds. The van der Waals surface area contributed by atoms with Crippen LogP contribution >= 0.6 is 34.8 Å². The van der Waals surface area contributed by atoms with Crippen LogP contribution in [0, 0.1) is 15.2 Å². The van der Waals surface area contributed by atoms with Crippen LogP contribution < -0.4 is 19.7 Å². The molecule has 1 aliphatic heterocycles. The minimum Gasteiger partial charge on any atom is -0.490 e. The molecule has 0 radical (unpaired) electrons. The molecule has 4 rings (SSSR count). The van der Waals surface area contributed by atoms with Gasteiger partial charge in [-0.2, -0.15) is 0 Å². The topological polar surface area (TPSA) is 67.9 Å². The summed E-state index contributed by atoms with van der Waals surface area (Å²) in [5.74, 6) is -1.56. The third-order valence-corrected chi connectivity index (χ3v) is 6.22. The SMILES string of the molecule is CCOc1cc(/C=C2\C(=O)NC(=S)N(c3ccccc3F)C2=O)cc(I)c1OCc1ccc(F)cc1. The largest absolute Gasteiger partial charge is 0.490 e. The van der Waals surface area contributed by atoms with Crippen LogP contribution in [-0.4, -0.2) is 23.5 Å². The zero-order chi connectivity index (χ0) is 25.8. The van der Waals surface area contributed by atoms with Crippen LogP contribution in [0.4, 0.5) is 14.5 Å². The van der Waals surface area contributed by atoms with Crippen molar-refractivity contribution in [3.8, 4) is 11.5 Å². The number of anilines is 1. The predicted octanol–water partition coefficient (Wildman–Crippen LogP) is 5.38. The van der Waals surface area contributed by atoms with E-state index in [1.807, 2.05) is 6.92 Å². The molecule has 0 aromatic heterocycles. The fraction of sp³-hybridized carbons (Fsp3) is 0.115. The molecule has 0 bridgehead atoms. The Morgan fingerprint density at radius 1 is 1.06 bits per heavy atom. The predicted molar refractivity (Wildman–Crippen MR) is 144 cm³/mol. The van der Waals surface area contributed by atoms with Crippen molar-refractivity contribution in [2.75, 3.05) is 11.5 Å². The molecule has 36 heavy (non-hydrogen) atoms. The van der Waals surface area contributed by atoms with Gasteiger partial charge >= 0.3 is 0 Å². The van der Waals surface area contributed by atoms with Gasteiger partial charge in [0, 0.05) is 0 Å². The fourth-order valence-corrected chi connectivity index (χ4v) is 4.54. The van der Waals surface area contributed by atoms with E-state index < -0.39 is 17.6 Å². The van der Waals surface area contributed by atoms with Gasteiger partial charge in [-0.05, 0) is 95.3 Å². The summed E-state index contributed by atoms with van der Waals surface area (Å²) in [5, 5.41) is 2.24. The molecule has 0 atom stereocenters. The fourth-order valence-electron chi connectivity index (χ4n) is 3.49. The van der Waals surface area contributed by atoms with E-state index in [-0.39, 0.29) is 28.8 Å². The number of ether oxygens (including phenoxy) is 2. The number of para-hydroxylation sites is 1. The number of halogens is 3. The molecule has 1 aliphatic rings. The Bertz CT molecular complexity index is 1380. The molecule has 0 unspecified atom stereocenters. The number of carbonyl (C=O) groups excluding carboxylic acids is 2. The van der Waals surface area contributed by atoms with Crippen LogP contribution in [0.25, 0.3) is 6.08 Å². The summed E-state index contributed by atoms with van der Waals surface area (Å²) in [5.41, 5.74) is 0.990. The maximum Gasteiger partial charge on any atom is 0.270 e. The second-order valence-corrected chi connectivity index (χ2v) is 9.14. The van der Waals surface area contributed by atoms with Crippen molar-refractivity contribution in [2.24, 2.45) is 0 Å². The van der Waals surface area contributed by atoms with Crippen molar-refractivity contribution in [3.63, 3.8) is 0 Å². The molecule has 184 valence electrons. The van der Waals surface area contributed by atoms with Gasteiger partial charge in [-0.1, -0.05) is 24.3 Å². The van der Waals surface area contributed by atoms with Crippen LogP contribution in [0.2, 0.25) is 0 Å². The van der Waals surface area contributed by atoms with Crippen LogP contribution in [-0.2, 0) is 16.2 Å². The van der Waals surface area contributed by atoms with E-state index in [9.17, 15) is 18.4 Å². The molecular formula is C26H19F2IN2O4S. The van der Waals surface area contributed by atoms with Crippen LogP contribution in [0.5, 0.6) is 11.5 Å². The van der Waals surface area contributed by atoms with Gasteiger partial charge < -0.3 is 9.47 Å². The molecule has 1 heterocycles. The highest BCUT2D eigenvalue weighted by atomic mass is 127. The first-order valence-corrected chi connectivity index (χ1v) is 12.3. The summed E-state index contributed by atoms with van der Waals surface area (Å²) in [4.78, 5) is 26.8. The van der Waals surface area contributed by atoms with Gasteiger partial charge in [0.1, 0.15) is 23.8 Å². The van der Waals surface area contributed by atoms with E-state index in [1.54, 1.807) is 30.3 Å². The van der Waals surface area contributed by atoms with E-state index >= 15 is 0 Å². The average molecular weight is 620 g/mol. The standard InChI is InChI=1S/C26H19F2IN2O4S/c1-2-34-22-13-16(12-20(29)23(22)35-14-15-7-9-17(27)10-8-15)11-18-24(32)30-26(36)31(25(18)33)21-6-4-3-5-19(21)28/h3-13H,2,14H2,1H3,(H,30,32,36)/b18-11+. The maximum absolute atomic E-state index is 14.4. The maximum atomic E-state index is 14.4. The highest BCUT2D eigenvalue weighted by Gasteiger charge is 2.35. The van der Waals surface area contributed by atoms with E-state index in [0.29, 0.717) is 27.2 Å². The van der Waals surface area contributed by atoms with E-state index in [2.05, 4.69) is 27.9 Å². The molecule has 10 heteroatoms. The second kappa shape index (κ2) is 11.1. The minimum atomic E-state index is -0.751. The Morgan fingerprint density at radius 2 is 1.78 bits per heavy atom. The van der Waals surface area contributed by atoms with E-state index in [1.165, 1.54) is 36.4 Å². The first kappa shape index (κ1) is 25.7. The minimum absolute atomic E-state index is 0.0625. The summed E-state index contributed by atoms with van der Waals surface area (Å²) in [6.07, 6.45) is 1.39. The molecule has 3 aromatic rings. The zero-order valence-corrected chi connectivity index (χ0v) is 21.9. The molecule has 3 aromatic carbocycles. The number of hydrogen-bond donors (Lipinski definition) is 1. The molecule has 0 spiro atoms. The van der Waals surface area contributed by atoms with Gasteiger partial charge in [0.15, 0.2) is 16.6 Å². The molecule has 1 saturated heterocycles. The molecule has 6 nitrogen and oxygen atoms in total. The second-order valence-electron chi connectivity index (χ2n) is 7.59. The first-order valence-electron chi connectivity index (χ1n) is 10.8. The molecule has 1 N–H and O–H groups in total. The van der Waals surface area contributed by atoms with Crippen molar-refractivity contribution < 1.29 is 27.8 Å². The summed E-state index contributed by atoms with van der Waals surface area (Å²) < 4.78 is 39.9. The van der Waals surface area contributed by atoms with Gasteiger partial charge in [0.25, 0.3) is 11.8 Å². The Balaban J connectivity index is 1.66. The third-order valence-electron chi connectivity index (χ3n) is 5.13. The summed E-state index contributed by atoms with van der Waals surface area (Å²) >= 11 is 7.20. The van der Waals surface area contributed by atoms with Gasteiger partial charge in [-0.15, -0.1) is 0 Å². The number of thiocarbonyl (C=S) groups is 1. The summed E-state index contributed by atoms with van der Waals surface area (Å²) in [6, 6.07) is 15.0. The lowest BCUT2D eigenvalue weighted by Gasteiger charge is -2.29. The van der Waals surface area contributed by atoms with Gasteiger partial charge in [-0.25, -0.2) is 13.7 Å². The van der Waals surface area contributed by atoms with Crippen molar-refractivity contribution in [2.45, 2.75) is 13.5 Å². The highest BCUT2D eigenvalue weighted by Crippen LogP contribution is 2.36. The lowest BCUT2D eigenvalue weighted by atomic mass is 10.1. The number of amides is 2. The number of nitrogens with one attached hydrogen (secondary N) is 1. The Morgan fingerprint density at radius 3 is 2.47 bits per heavy atom. The number of nitrogens with zero attached hydrogens (tertiary/aromatic N) is 1. The lowest BCUT2D eigenvalue weighted by molar-refractivity contribution is -0.122. The van der Waals surface area contributed by atoms with Crippen molar-refractivity contribution in [1.82, 2.24) is 5.32 Å². The molecule has 0 aliphatic carbocycles. The van der Waals surface area contributed by atoms with E-state index in [4.69, 9.17) is 21.7 Å². The van der Waals surface area contributed by atoms with E-state index in [0.717, 1.165) is 10.5 Å². The Hall–Kier alpha value is -3.38. The summed E-state index contributed by atoms with van der Waals surface area (Å²) in [6.45, 7) is 2.34. The quantitative estimate of drug-likeness (QED) is 0.167. The third kappa shape index (κ3) is 5.54. The molecular weight excluding hydrogens is 601 g/mol. The van der Waals surface area contributed by atoms with Crippen LogP contribution in [0.3, 0.4) is 0 Å². The zero-order valence-electron chi connectivity index (χ0n) is 18.9. The van der Waals surface area contributed by atoms with Crippen molar-refractivity contribution in [3.05, 3.63) is 92.6 Å². The molecule has 0 saturated carbocycles. The van der Waals surface area contributed by atoms with Gasteiger partial charge in [-0.3, -0.25) is 14.9 Å². The van der Waals surface area contributed by atoms with Gasteiger partial charge in [0.05, 0.1) is 15.9 Å². The lowest BCUT2D eigenvalue weighted by Crippen LogP contribution is -2.54. The number of benzene rings is 3. The number of rotatable bonds is 7. The number of carbonyl (C=O) groups is 2. The van der Waals surface area contributed by atoms with Crippen molar-refractivity contribution >= 4 is 63.5 Å². The molecule has 1 fully saturated rings. The van der Waals surface area contributed by atoms with Crippen LogP contribution in [0.15, 0.2) is 66.2 Å². The van der Waals surface area contributed by atoms with Crippen molar-refractivity contribution in [1.29, 1.82) is 0 Å². The monoisotopic (exact) mass is 620 g/mol. The highest BCUT2D eigenvalue weighted by molar-refractivity contribution is 14.1. The number of hydrogen-bond acceptors (Lipinski definition) is 5. The normalized spacial score (nSPS) is 14.7. The Labute approximate surface area is 225 Å². The average Bonchev–Trinajstić information content (AvgIpc) is 2.83. The van der Waals surface area contributed by atoms with Crippen LogP contribution in [0.1, 0.15) is 18.1 Å². The summed E-state index contributed by atoms with van der Waals surface area (Å²) in [7, 11) is 0. The Kier molecular flexibility index (Phi) is 7.94. The smallest absolute Gasteiger partial charge is 0.270 e. The van der Waals surface area contributed by atoms with Gasteiger partial charge in [0.2, 0.25) is 0 Å².